The first-order chi connectivity index (χ1) is 18.4. The number of piperazine rings is 1. The number of hydrogen-bond acceptors (Lipinski definition) is 6. The first-order valence-electron chi connectivity index (χ1n) is 13.4. The van der Waals surface area contributed by atoms with Gasteiger partial charge < -0.3 is 9.80 Å². The summed E-state index contributed by atoms with van der Waals surface area (Å²) in [7, 11) is 0. The molecule has 0 unspecified atom stereocenters. The first-order valence-corrected chi connectivity index (χ1v) is 13.4. The maximum Gasteiger partial charge on any atom is 0.165 e. The molecule has 5 heterocycles. The number of pyridine rings is 1. The molecule has 2 aliphatic rings. The average Bonchev–Trinajstić information content (AvgIpc) is 3.54. The Labute approximate surface area is 221 Å². The van der Waals surface area contributed by atoms with E-state index in [1.54, 1.807) is 4.52 Å². The van der Waals surface area contributed by atoms with Gasteiger partial charge in [-0.15, -0.1) is 0 Å². The molecule has 2 fully saturated rings. The molecule has 2 aliphatic heterocycles. The molecule has 38 heavy (non-hydrogen) atoms. The van der Waals surface area contributed by atoms with Crippen molar-refractivity contribution in [1.29, 1.82) is 0 Å². The van der Waals surface area contributed by atoms with Gasteiger partial charge in [-0.3, -0.25) is 9.88 Å². The van der Waals surface area contributed by atoms with Gasteiger partial charge in [-0.1, -0.05) is 13.0 Å². The predicted octanol–water partition coefficient (Wildman–Crippen LogP) is 4.72. The van der Waals surface area contributed by atoms with Gasteiger partial charge in [-0.25, -0.2) is 18.3 Å². The van der Waals surface area contributed by atoms with Gasteiger partial charge in [-0.2, -0.15) is 5.10 Å². The third kappa shape index (κ3) is 4.54. The summed E-state index contributed by atoms with van der Waals surface area (Å²) in [5.41, 5.74) is 3.27. The lowest BCUT2D eigenvalue weighted by Crippen LogP contribution is -2.45. The van der Waals surface area contributed by atoms with Crippen LogP contribution in [0.5, 0.6) is 0 Å². The Kier molecular flexibility index (Phi) is 6.57. The van der Waals surface area contributed by atoms with Crippen LogP contribution in [0.2, 0.25) is 0 Å². The van der Waals surface area contributed by atoms with Crippen LogP contribution in [0.4, 0.5) is 14.6 Å². The molecule has 1 aromatic carbocycles. The minimum absolute atomic E-state index is 0.362. The average molecular weight is 518 g/mol. The Morgan fingerprint density at radius 3 is 2.53 bits per heavy atom. The van der Waals surface area contributed by atoms with E-state index in [-0.39, 0.29) is 0 Å². The van der Waals surface area contributed by atoms with Crippen molar-refractivity contribution in [2.75, 3.05) is 44.2 Å². The number of nitrogens with zero attached hydrogens (tertiary/aromatic N) is 7. The molecule has 0 spiro atoms. The zero-order valence-corrected chi connectivity index (χ0v) is 21.9. The van der Waals surface area contributed by atoms with Crippen molar-refractivity contribution in [3.8, 4) is 11.1 Å². The summed E-state index contributed by atoms with van der Waals surface area (Å²) >= 11 is 0. The van der Waals surface area contributed by atoms with Gasteiger partial charge in [0.1, 0.15) is 17.5 Å². The molecule has 1 atom stereocenters. The molecule has 198 valence electrons. The van der Waals surface area contributed by atoms with E-state index in [4.69, 9.17) is 9.97 Å². The van der Waals surface area contributed by atoms with Gasteiger partial charge in [-0.05, 0) is 56.6 Å². The van der Waals surface area contributed by atoms with E-state index in [0.717, 1.165) is 74.4 Å². The van der Waals surface area contributed by atoms with Crippen molar-refractivity contribution >= 4 is 11.5 Å². The van der Waals surface area contributed by atoms with Gasteiger partial charge in [0.2, 0.25) is 0 Å². The number of likely N-dealkylation sites (N-methyl/N-ethyl adjacent to an activating group) is 1. The van der Waals surface area contributed by atoms with Crippen LogP contribution in [-0.4, -0.2) is 68.7 Å². The number of fused-ring (bicyclic) bond motifs is 1. The van der Waals surface area contributed by atoms with E-state index in [0.29, 0.717) is 24.2 Å². The summed E-state index contributed by atoms with van der Waals surface area (Å²) in [6, 6.07) is 9.74. The van der Waals surface area contributed by atoms with Gasteiger partial charge in [0.15, 0.2) is 5.65 Å². The fraction of sp³-hybridized carbons (Fsp3) is 0.414. The molecule has 6 rings (SSSR count). The summed E-state index contributed by atoms with van der Waals surface area (Å²) in [5.74, 6) is -0.112. The first kappa shape index (κ1) is 24.9. The van der Waals surface area contributed by atoms with Crippen molar-refractivity contribution in [1.82, 2.24) is 29.4 Å². The second-order valence-electron chi connectivity index (χ2n) is 10.5. The molecule has 3 aromatic heterocycles. The van der Waals surface area contributed by atoms with E-state index < -0.39 is 17.2 Å². The fourth-order valence-corrected chi connectivity index (χ4v) is 5.90. The molecule has 4 aromatic rings. The lowest BCUT2D eigenvalue weighted by Gasteiger charge is -2.37. The lowest BCUT2D eigenvalue weighted by molar-refractivity contribution is 0.131. The predicted molar refractivity (Wildman–Crippen MR) is 144 cm³/mol. The normalized spacial score (nSPS) is 21.0. The Morgan fingerprint density at radius 2 is 1.76 bits per heavy atom. The van der Waals surface area contributed by atoms with E-state index in [1.165, 1.54) is 12.1 Å². The highest BCUT2D eigenvalue weighted by Crippen LogP contribution is 2.42. The highest BCUT2D eigenvalue weighted by Gasteiger charge is 2.41. The summed E-state index contributed by atoms with van der Waals surface area (Å²) in [6.07, 6.45) is 7.16. The van der Waals surface area contributed by atoms with Crippen LogP contribution in [0.15, 0.2) is 55.0 Å². The van der Waals surface area contributed by atoms with Crippen molar-refractivity contribution in [3.63, 3.8) is 0 Å². The second kappa shape index (κ2) is 10.0. The maximum absolute atomic E-state index is 14.8. The molecule has 0 amide bonds. The molecule has 0 bridgehead atoms. The van der Waals surface area contributed by atoms with Crippen molar-refractivity contribution in [3.05, 3.63) is 77.9 Å². The molecule has 0 N–H and O–H groups in total. The Morgan fingerprint density at radius 1 is 0.947 bits per heavy atom. The van der Waals surface area contributed by atoms with Gasteiger partial charge >= 0.3 is 0 Å². The van der Waals surface area contributed by atoms with E-state index >= 15 is 0 Å². The third-order valence-electron chi connectivity index (χ3n) is 8.21. The second-order valence-corrected chi connectivity index (χ2v) is 10.5. The largest absolute Gasteiger partial charge is 0.347 e. The number of benzene rings is 1. The Bertz CT molecular complexity index is 1430. The van der Waals surface area contributed by atoms with Gasteiger partial charge in [0.25, 0.3) is 0 Å². The molecule has 2 saturated heterocycles. The molecular formula is C29H33F2N7. The monoisotopic (exact) mass is 517 g/mol. The molecule has 9 heteroatoms. The van der Waals surface area contributed by atoms with E-state index in [2.05, 4.69) is 38.9 Å². The minimum Gasteiger partial charge on any atom is -0.347 e. The zero-order chi connectivity index (χ0) is 26.3. The van der Waals surface area contributed by atoms with Gasteiger partial charge in [0, 0.05) is 68.4 Å². The highest BCUT2D eigenvalue weighted by atomic mass is 19.1. The Hall–Kier alpha value is -3.43. The van der Waals surface area contributed by atoms with Crippen LogP contribution in [0, 0.1) is 11.6 Å². The van der Waals surface area contributed by atoms with Crippen LogP contribution in [0.25, 0.3) is 16.8 Å². The summed E-state index contributed by atoms with van der Waals surface area (Å²) in [4.78, 5) is 16.7. The van der Waals surface area contributed by atoms with E-state index in [9.17, 15) is 8.78 Å². The van der Waals surface area contributed by atoms with Crippen LogP contribution in [0.3, 0.4) is 0 Å². The molecule has 0 saturated carbocycles. The van der Waals surface area contributed by atoms with E-state index in [1.807, 2.05) is 31.6 Å². The van der Waals surface area contributed by atoms with Crippen molar-refractivity contribution < 1.29 is 8.78 Å². The third-order valence-corrected chi connectivity index (χ3v) is 8.21. The smallest absolute Gasteiger partial charge is 0.165 e. The molecule has 0 radical (unpaired) electrons. The van der Waals surface area contributed by atoms with Crippen LogP contribution in [-0.2, 0) is 12.1 Å². The Balaban J connectivity index is 1.26. The molecule has 7 nitrogen and oxygen atoms in total. The highest BCUT2D eigenvalue weighted by molar-refractivity contribution is 5.77. The number of rotatable bonds is 6. The number of aromatic nitrogens is 4. The van der Waals surface area contributed by atoms with Crippen LogP contribution in [0.1, 0.15) is 37.9 Å². The number of halogens is 2. The topological polar surface area (TPSA) is 52.8 Å². The molecule has 0 aliphatic carbocycles. The standard InChI is InChI=1S/C29H33F2N7/c1-3-35-13-15-36(16-14-35)20-23-7-5-21(18-32-23)24-19-33-38-12-9-27(34-28(24)38)37-11-4-10-29(37,2)25-17-22(30)6-8-26(25)31/h5-9,12,17-19H,3-4,10-11,13-16,20H2,1-2H3/t29-/m1/s1. The van der Waals surface area contributed by atoms with Crippen LogP contribution >= 0.6 is 0 Å². The lowest BCUT2D eigenvalue weighted by atomic mass is 9.88. The maximum atomic E-state index is 14.8. The number of hydrogen-bond donors (Lipinski definition) is 0. The summed E-state index contributed by atoms with van der Waals surface area (Å²) < 4.78 is 30.6. The quantitative estimate of drug-likeness (QED) is 0.369. The minimum atomic E-state index is -0.691. The summed E-state index contributed by atoms with van der Waals surface area (Å²) in [6.45, 7) is 11.2. The van der Waals surface area contributed by atoms with Crippen molar-refractivity contribution in [2.24, 2.45) is 0 Å². The number of anilines is 1. The SMILES string of the molecule is CCN1CCN(Cc2ccc(-c3cnn4ccc(N5CCC[C@]5(C)c5cc(F)ccc5F)nc34)cn2)CC1. The zero-order valence-electron chi connectivity index (χ0n) is 21.9. The van der Waals surface area contributed by atoms with Crippen LogP contribution < -0.4 is 4.90 Å². The molecular weight excluding hydrogens is 484 g/mol. The summed E-state index contributed by atoms with van der Waals surface area (Å²) in [5, 5.41) is 4.50. The van der Waals surface area contributed by atoms with Crippen molar-refractivity contribution in [2.45, 2.75) is 38.8 Å². The fourth-order valence-electron chi connectivity index (χ4n) is 5.90. The van der Waals surface area contributed by atoms with Gasteiger partial charge in [0.05, 0.1) is 17.4 Å².